The predicted molar refractivity (Wildman–Crippen MR) is 114 cm³/mol. The normalized spacial score (nSPS) is 19.6. The van der Waals surface area contributed by atoms with E-state index in [0.717, 1.165) is 17.5 Å². The monoisotopic (exact) mass is 397 g/mol. The first-order valence-electron chi connectivity index (χ1n) is 9.59. The molecule has 4 nitrogen and oxygen atoms in total. The van der Waals surface area contributed by atoms with E-state index < -0.39 is 12.0 Å². The average Bonchev–Trinajstić information content (AvgIpc) is 3.12. The molecule has 2 atom stereocenters. The summed E-state index contributed by atoms with van der Waals surface area (Å²) in [6.07, 6.45) is 0.897. The number of amides is 1. The third kappa shape index (κ3) is 4.09. The minimum absolute atomic E-state index is 0.0431. The van der Waals surface area contributed by atoms with Crippen LogP contribution < -0.4 is 0 Å². The van der Waals surface area contributed by atoms with Crippen molar-refractivity contribution in [2.75, 3.05) is 5.75 Å². The van der Waals surface area contributed by atoms with E-state index in [9.17, 15) is 14.7 Å². The number of carbonyl (C=O) groups is 2. The summed E-state index contributed by atoms with van der Waals surface area (Å²) >= 11 is 1.51. The lowest BCUT2D eigenvalue weighted by Crippen LogP contribution is -2.43. The first kappa shape index (κ1) is 20.5. The number of hydrogen-bond donors (Lipinski definition) is 1. The molecule has 3 rings (SSSR count). The fraction of sp³-hybridized carbons (Fsp3) is 0.391. The zero-order chi connectivity index (χ0) is 20.5. The van der Waals surface area contributed by atoms with Crippen molar-refractivity contribution in [3.8, 4) is 0 Å². The van der Waals surface area contributed by atoms with E-state index in [0.29, 0.717) is 11.3 Å². The highest BCUT2D eigenvalue weighted by atomic mass is 32.2. The van der Waals surface area contributed by atoms with Gasteiger partial charge in [0, 0.05) is 11.3 Å². The van der Waals surface area contributed by atoms with E-state index in [1.165, 1.54) is 22.2 Å². The minimum atomic E-state index is -0.958. The fourth-order valence-electron chi connectivity index (χ4n) is 3.38. The average molecular weight is 398 g/mol. The molecule has 1 heterocycles. The van der Waals surface area contributed by atoms with E-state index in [2.05, 4.69) is 39.8 Å². The number of hydrogen-bond acceptors (Lipinski definition) is 3. The number of rotatable bonds is 4. The van der Waals surface area contributed by atoms with Crippen LogP contribution in [0.5, 0.6) is 0 Å². The number of carboxylic acids is 1. The van der Waals surface area contributed by atoms with Crippen molar-refractivity contribution in [2.45, 2.75) is 50.9 Å². The lowest BCUT2D eigenvalue weighted by atomic mass is 9.86. The van der Waals surface area contributed by atoms with Gasteiger partial charge in [0.05, 0.1) is 0 Å². The summed E-state index contributed by atoms with van der Waals surface area (Å²) in [6.45, 7) is 8.53. The Labute approximate surface area is 170 Å². The Morgan fingerprint density at radius 1 is 1.07 bits per heavy atom. The molecule has 28 heavy (non-hydrogen) atoms. The van der Waals surface area contributed by atoms with Crippen molar-refractivity contribution in [1.82, 2.24) is 4.90 Å². The summed E-state index contributed by atoms with van der Waals surface area (Å²) in [5.74, 6) is -0.801. The molecule has 2 aromatic carbocycles. The summed E-state index contributed by atoms with van der Waals surface area (Å²) in [4.78, 5) is 26.6. The third-order valence-corrected chi connectivity index (χ3v) is 6.51. The lowest BCUT2D eigenvalue weighted by Gasteiger charge is -2.28. The summed E-state index contributed by atoms with van der Waals surface area (Å²) in [6, 6.07) is 14.8. The van der Waals surface area contributed by atoms with Crippen LogP contribution in [0.15, 0.2) is 48.5 Å². The van der Waals surface area contributed by atoms with Crippen molar-refractivity contribution in [3.05, 3.63) is 70.8 Å². The third-order valence-electron chi connectivity index (χ3n) is 5.19. The molecular formula is C23H27NO3S. The Morgan fingerprint density at radius 2 is 1.68 bits per heavy atom. The van der Waals surface area contributed by atoms with Gasteiger partial charge in [0.25, 0.3) is 5.91 Å². The maximum Gasteiger partial charge on any atom is 0.327 e. The number of carbonyl (C=O) groups excluding carboxylic acids is 1. The lowest BCUT2D eigenvalue weighted by molar-refractivity contribution is -0.141. The quantitative estimate of drug-likeness (QED) is 0.798. The van der Waals surface area contributed by atoms with Crippen molar-refractivity contribution in [3.63, 3.8) is 0 Å². The number of benzene rings is 2. The summed E-state index contributed by atoms with van der Waals surface area (Å²) in [5, 5.41) is 9.37. The van der Waals surface area contributed by atoms with Gasteiger partial charge in [-0.15, -0.1) is 11.8 Å². The van der Waals surface area contributed by atoms with Gasteiger partial charge in [0.15, 0.2) is 0 Å². The number of thioether (sulfide) groups is 1. The van der Waals surface area contributed by atoms with Gasteiger partial charge in [-0.2, -0.15) is 0 Å². The SMILES string of the molecule is CCc1ccc(C(=O)N2C(C(=O)O)CSC2c2ccc(C(C)(C)C)cc2)cc1. The van der Waals surface area contributed by atoms with Crippen molar-refractivity contribution < 1.29 is 14.7 Å². The van der Waals surface area contributed by atoms with E-state index >= 15 is 0 Å². The minimum Gasteiger partial charge on any atom is -0.480 e. The molecule has 1 N–H and O–H groups in total. The van der Waals surface area contributed by atoms with Gasteiger partial charge in [0.1, 0.15) is 11.4 Å². The van der Waals surface area contributed by atoms with Crippen LogP contribution in [0.3, 0.4) is 0 Å². The number of aliphatic carboxylic acids is 1. The first-order valence-corrected chi connectivity index (χ1v) is 10.6. The van der Waals surface area contributed by atoms with Gasteiger partial charge in [-0.3, -0.25) is 4.79 Å². The highest BCUT2D eigenvalue weighted by molar-refractivity contribution is 7.99. The highest BCUT2D eigenvalue weighted by Crippen LogP contribution is 2.42. The molecule has 148 valence electrons. The molecule has 0 spiro atoms. The molecule has 2 aromatic rings. The summed E-state index contributed by atoms with van der Waals surface area (Å²) in [7, 11) is 0. The molecule has 1 aliphatic rings. The topological polar surface area (TPSA) is 57.6 Å². The van der Waals surface area contributed by atoms with Crippen LogP contribution in [0.1, 0.15) is 60.1 Å². The van der Waals surface area contributed by atoms with Crippen LogP contribution in [0.4, 0.5) is 0 Å². The van der Waals surface area contributed by atoms with Crippen LogP contribution in [0.25, 0.3) is 0 Å². The van der Waals surface area contributed by atoms with E-state index in [4.69, 9.17) is 0 Å². The van der Waals surface area contributed by atoms with Crippen LogP contribution in [0, 0.1) is 0 Å². The maximum atomic E-state index is 13.2. The Balaban J connectivity index is 1.93. The molecule has 1 aliphatic heterocycles. The van der Waals surface area contributed by atoms with Crippen LogP contribution in [-0.2, 0) is 16.6 Å². The Morgan fingerprint density at radius 3 is 2.18 bits per heavy atom. The molecule has 0 bridgehead atoms. The largest absolute Gasteiger partial charge is 0.480 e. The number of aryl methyl sites for hydroxylation is 1. The van der Waals surface area contributed by atoms with Gasteiger partial charge in [-0.25, -0.2) is 4.79 Å². The molecule has 1 amide bonds. The molecule has 0 radical (unpaired) electrons. The molecule has 0 aromatic heterocycles. The highest BCUT2D eigenvalue weighted by Gasteiger charge is 2.42. The molecule has 0 aliphatic carbocycles. The van der Waals surface area contributed by atoms with Gasteiger partial charge in [0.2, 0.25) is 0 Å². The molecular weight excluding hydrogens is 370 g/mol. The predicted octanol–water partition coefficient (Wildman–Crippen LogP) is 4.89. The fourth-order valence-corrected chi connectivity index (χ4v) is 4.80. The second-order valence-corrected chi connectivity index (χ2v) is 9.29. The molecule has 1 saturated heterocycles. The van der Waals surface area contributed by atoms with Crippen LogP contribution in [0.2, 0.25) is 0 Å². The maximum absolute atomic E-state index is 13.2. The van der Waals surface area contributed by atoms with E-state index in [1.807, 2.05) is 24.3 Å². The Kier molecular flexibility index (Phi) is 5.84. The molecule has 1 fully saturated rings. The number of carboxylic acid groups (broad SMARTS) is 1. The van der Waals surface area contributed by atoms with Crippen molar-refractivity contribution in [2.24, 2.45) is 0 Å². The molecule has 0 saturated carbocycles. The van der Waals surface area contributed by atoms with Crippen molar-refractivity contribution >= 4 is 23.6 Å². The zero-order valence-corrected chi connectivity index (χ0v) is 17.6. The standard InChI is InChI=1S/C23H27NO3S/c1-5-15-6-8-16(9-7-15)20(25)24-19(22(26)27)14-28-21(24)17-10-12-18(13-11-17)23(2,3)4/h6-13,19,21H,5,14H2,1-4H3,(H,26,27). The second kappa shape index (κ2) is 8.00. The van der Waals surface area contributed by atoms with Gasteiger partial charge < -0.3 is 10.0 Å². The van der Waals surface area contributed by atoms with Crippen LogP contribution in [-0.4, -0.2) is 33.7 Å². The second-order valence-electron chi connectivity index (χ2n) is 8.17. The first-order chi connectivity index (χ1) is 13.2. The Bertz CT molecular complexity index is 853. The molecule has 2 unspecified atom stereocenters. The smallest absolute Gasteiger partial charge is 0.327 e. The zero-order valence-electron chi connectivity index (χ0n) is 16.8. The summed E-state index contributed by atoms with van der Waals surface area (Å²) in [5.41, 5.74) is 3.89. The van der Waals surface area contributed by atoms with Gasteiger partial charge in [-0.05, 0) is 40.7 Å². The molecule has 5 heteroatoms. The number of nitrogens with zero attached hydrogens (tertiary/aromatic N) is 1. The van der Waals surface area contributed by atoms with Crippen LogP contribution >= 0.6 is 11.8 Å². The van der Waals surface area contributed by atoms with Gasteiger partial charge >= 0.3 is 5.97 Å². The van der Waals surface area contributed by atoms with Gasteiger partial charge in [-0.1, -0.05) is 64.1 Å². The Hall–Kier alpha value is -2.27. The van der Waals surface area contributed by atoms with E-state index in [1.54, 1.807) is 12.1 Å². The van der Waals surface area contributed by atoms with Crippen molar-refractivity contribution in [1.29, 1.82) is 0 Å². The summed E-state index contributed by atoms with van der Waals surface area (Å²) < 4.78 is 0. The van der Waals surface area contributed by atoms with E-state index in [-0.39, 0.29) is 16.7 Å².